The molecule has 0 bridgehead atoms. The summed E-state index contributed by atoms with van der Waals surface area (Å²) in [4.78, 5) is 4.35. The van der Waals surface area contributed by atoms with Crippen molar-refractivity contribution in [2.45, 2.75) is 32.2 Å². The zero-order chi connectivity index (χ0) is 14.4. The molecule has 1 aliphatic rings. The van der Waals surface area contributed by atoms with Gasteiger partial charge >= 0.3 is 0 Å². The molecule has 0 aliphatic heterocycles. The SMILES string of the molecule is CCc1nc(-c2cc(F)c(F)c(F)c2)c(N)n1C1CC1. The molecule has 0 saturated heterocycles. The Kier molecular flexibility index (Phi) is 2.96. The number of benzene rings is 1. The molecule has 0 amide bonds. The van der Waals surface area contributed by atoms with E-state index in [9.17, 15) is 13.2 Å². The molecule has 3 rings (SSSR count). The van der Waals surface area contributed by atoms with Crippen molar-refractivity contribution in [3.8, 4) is 11.3 Å². The molecular weight excluding hydrogens is 267 g/mol. The van der Waals surface area contributed by atoms with E-state index in [-0.39, 0.29) is 5.56 Å². The minimum atomic E-state index is -1.48. The topological polar surface area (TPSA) is 43.8 Å². The molecule has 0 radical (unpaired) electrons. The minimum absolute atomic E-state index is 0.160. The van der Waals surface area contributed by atoms with Crippen molar-refractivity contribution in [2.75, 3.05) is 5.73 Å². The van der Waals surface area contributed by atoms with Crippen molar-refractivity contribution in [2.24, 2.45) is 0 Å². The fourth-order valence-corrected chi connectivity index (χ4v) is 2.39. The molecule has 0 atom stereocenters. The second-order valence-corrected chi connectivity index (χ2v) is 4.97. The van der Waals surface area contributed by atoms with E-state index in [0.717, 1.165) is 30.8 Å². The molecule has 1 aromatic carbocycles. The van der Waals surface area contributed by atoms with Gasteiger partial charge in [0.25, 0.3) is 0 Å². The predicted molar refractivity (Wildman–Crippen MR) is 69.6 cm³/mol. The van der Waals surface area contributed by atoms with Gasteiger partial charge in [-0.05, 0) is 25.0 Å². The Bertz CT molecular complexity index is 652. The Morgan fingerprint density at radius 3 is 2.35 bits per heavy atom. The van der Waals surface area contributed by atoms with Gasteiger partial charge in [-0.1, -0.05) is 6.92 Å². The fraction of sp³-hybridized carbons (Fsp3) is 0.357. The Hall–Kier alpha value is -1.98. The normalized spacial score (nSPS) is 14.8. The molecule has 3 nitrogen and oxygen atoms in total. The highest BCUT2D eigenvalue weighted by molar-refractivity contribution is 5.71. The van der Waals surface area contributed by atoms with Crippen LogP contribution in [0, 0.1) is 17.5 Å². The molecule has 1 saturated carbocycles. The smallest absolute Gasteiger partial charge is 0.194 e. The summed E-state index contributed by atoms with van der Waals surface area (Å²) < 4.78 is 41.6. The number of hydrogen-bond acceptors (Lipinski definition) is 2. The Balaban J connectivity index is 2.15. The maximum Gasteiger partial charge on any atom is 0.194 e. The van der Waals surface area contributed by atoms with Crippen LogP contribution in [0.25, 0.3) is 11.3 Å². The van der Waals surface area contributed by atoms with Crippen molar-refractivity contribution in [1.29, 1.82) is 0 Å². The van der Waals surface area contributed by atoms with Crippen LogP contribution in [0.1, 0.15) is 31.6 Å². The third kappa shape index (κ3) is 1.95. The van der Waals surface area contributed by atoms with Gasteiger partial charge in [-0.3, -0.25) is 0 Å². The van der Waals surface area contributed by atoms with E-state index in [1.165, 1.54) is 0 Å². The van der Waals surface area contributed by atoms with Gasteiger partial charge in [-0.15, -0.1) is 0 Å². The lowest BCUT2D eigenvalue weighted by atomic mass is 10.1. The lowest BCUT2D eigenvalue weighted by molar-refractivity contribution is 0.447. The first-order valence-corrected chi connectivity index (χ1v) is 6.54. The molecule has 0 unspecified atom stereocenters. The molecule has 0 spiro atoms. The van der Waals surface area contributed by atoms with Crippen LogP contribution in [0.4, 0.5) is 19.0 Å². The maximum atomic E-state index is 13.3. The number of aromatic nitrogens is 2. The van der Waals surface area contributed by atoms with Crippen molar-refractivity contribution in [3.63, 3.8) is 0 Å². The number of nitrogens with zero attached hydrogens (tertiary/aromatic N) is 2. The predicted octanol–water partition coefficient (Wildman–Crippen LogP) is 3.45. The van der Waals surface area contributed by atoms with Gasteiger partial charge in [0.15, 0.2) is 17.5 Å². The summed E-state index contributed by atoms with van der Waals surface area (Å²) in [7, 11) is 0. The summed E-state index contributed by atoms with van der Waals surface area (Å²) in [5.74, 6) is -2.79. The number of anilines is 1. The van der Waals surface area contributed by atoms with Crippen LogP contribution in [0.5, 0.6) is 0 Å². The summed E-state index contributed by atoms with van der Waals surface area (Å²) in [6.07, 6.45) is 2.73. The van der Waals surface area contributed by atoms with Gasteiger partial charge in [0.2, 0.25) is 0 Å². The zero-order valence-corrected chi connectivity index (χ0v) is 11.0. The largest absolute Gasteiger partial charge is 0.383 e. The van der Waals surface area contributed by atoms with Crippen LogP contribution < -0.4 is 5.73 Å². The first kappa shape index (κ1) is 13.0. The molecule has 1 heterocycles. The molecule has 6 heteroatoms. The maximum absolute atomic E-state index is 13.3. The molecule has 1 aromatic heterocycles. The van der Waals surface area contributed by atoms with Crippen LogP contribution >= 0.6 is 0 Å². The van der Waals surface area contributed by atoms with Crippen molar-refractivity contribution in [3.05, 3.63) is 35.4 Å². The first-order chi connectivity index (χ1) is 9.52. The van der Waals surface area contributed by atoms with Gasteiger partial charge in [-0.2, -0.15) is 0 Å². The lowest BCUT2D eigenvalue weighted by Crippen LogP contribution is -2.04. The summed E-state index contributed by atoms with van der Waals surface area (Å²) in [5, 5.41) is 0. The summed E-state index contributed by atoms with van der Waals surface area (Å²) >= 11 is 0. The zero-order valence-electron chi connectivity index (χ0n) is 11.0. The number of aryl methyl sites for hydroxylation is 1. The number of halogens is 3. The van der Waals surface area contributed by atoms with E-state index in [0.29, 0.717) is 24.0 Å². The van der Waals surface area contributed by atoms with Gasteiger partial charge < -0.3 is 10.3 Å². The second kappa shape index (κ2) is 4.54. The average molecular weight is 281 g/mol. The van der Waals surface area contributed by atoms with Crippen molar-refractivity contribution in [1.82, 2.24) is 9.55 Å². The third-order valence-electron chi connectivity index (χ3n) is 3.51. The molecule has 2 aromatic rings. The van der Waals surface area contributed by atoms with Crippen LogP contribution in [-0.4, -0.2) is 9.55 Å². The van der Waals surface area contributed by atoms with E-state index < -0.39 is 17.5 Å². The first-order valence-electron chi connectivity index (χ1n) is 6.54. The van der Waals surface area contributed by atoms with Crippen LogP contribution in [0.15, 0.2) is 12.1 Å². The second-order valence-electron chi connectivity index (χ2n) is 4.97. The quantitative estimate of drug-likeness (QED) is 0.876. The molecule has 20 heavy (non-hydrogen) atoms. The highest BCUT2D eigenvalue weighted by Gasteiger charge is 2.29. The molecular formula is C14H14F3N3. The van der Waals surface area contributed by atoms with E-state index in [2.05, 4.69) is 4.98 Å². The summed E-state index contributed by atoms with van der Waals surface area (Å²) in [5.41, 5.74) is 6.52. The number of rotatable bonds is 3. The average Bonchev–Trinajstić information content (AvgIpc) is 3.19. The number of nitrogen functional groups attached to an aromatic ring is 1. The van der Waals surface area contributed by atoms with Crippen LogP contribution in [-0.2, 0) is 6.42 Å². The van der Waals surface area contributed by atoms with E-state index in [4.69, 9.17) is 5.73 Å². The van der Waals surface area contributed by atoms with E-state index in [1.807, 2.05) is 11.5 Å². The molecule has 106 valence electrons. The van der Waals surface area contributed by atoms with E-state index >= 15 is 0 Å². The van der Waals surface area contributed by atoms with E-state index in [1.54, 1.807) is 0 Å². The monoisotopic (exact) mass is 281 g/mol. The number of imidazole rings is 1. The standard InChI is InChI=1S/C14H14F3N3/c1-2-11-19-13(14(18)20(11)8-3-4-8)7-5-9(15)12(17)10(16)6-7/h5-6,8H,2-4,18H2,1H3. The fourth-order valence-electron chi connectivity index (χ4n) is 2.39. The van der Waals surface area contributed by atoms with Crippen LogP contribution in [0.3, 0.4) is 0 Å². The Morgan fingerprint density at radius 1 is 1.25 bits per heavy atom. The Labute approximate surface area is 114 Å². The van der Waals surface area contributed by atoms with Crippen molar-refractivity contribution >= 4 is 5.82 Å². The minimum Gasteiger partial charge on any atom is -0.383 e. The van der Waals surface area contributed by atoms with Crippen molar-refractivity contribution < 1.29 is 13.2 Å². The van der Waals surface area contributed by atoms with Gasteiger partial charge in [0, 0.05) is 18.0 Å². The van der Waals surface area contributed by atoms with Crippen LogP contribution in [0.2, 0.25) is 0 Å². The Morgan fingerprint density at radius 2 is 1.85 bits per heavy atom. The molecule has 1 aliphatic carbocycles. The third-order valence-corrected chi connectivity index (χ3v) is 3.51. The van der Waals surface area contributed by atoms with Gasteiger partial charge in [-0.25, -0.2) is 18.2 Å². The van der Waals surface area contributed by atoms with Gasteiger partial charge in [0.1, 0.15) is 17.3 Å². The molecule has 2 N–H and O–H groups in total. The molecule has 1 fully saturated rings. The lowest BCUT2D eigenvalue weighted by Gasteiger charge is -2.06. The summed E-state index contributed by atoms with van der Waals surface area (Å²) in [6, 6.07) is 2.17. The van der Waals surface area contributed by atoms with Gasteiger partial charge in [0.05, 0.1) is 0 Å². The highest BCUT2D eigenvalue weighted by Crippen LogP contribution is 2.41. The number of hydrogen-bond donors (Lipinski definition) is 1. The highest BCUT2D eigenvalue weighted by atomic mass is 19.2. The summed E-state index contributed by atoms with van der Waals surface area (Å²) in [6.45, 7) is 1.94. The number of nitrogens with two attached hydrogens (primary N) is 1.